The molecule has 284 valence electrons. The van der Waals surface area contributed by atoms with E-state index in [2.05, 4.69) is 15.2 Å². The maximum Gasteiger partial charge on any atom is 0.326 e. The fourth-order valence-corrected chi connectivity index (χ4v) is 6.77. The molecule has 0 aliphatic carbocycles. The zero-order valence-corrected chi connectivity index (χ0v) is 31.6. The molecule has 2 heterocycles. The minimum absolute atomic E-state index is 0.0210. The number of hydrogen-bond acceptors (Lipinski definition) is 11. The summed E-state index contributed by atoms with van der Waals surface area (Å²) in [5.74, 6) is 0.178. The number of sulfone groups is 1. The van der Waals surface area contributed by atoms with Gasteiger partial charge in [0.1, 0.15) is 36.0 Å². The Kier molecular flexibility index (Phi) is 13.4. The Hall–Kier alpha value is -4.24. The summed E-state index contributed by atoms with van der Waals surface area (Å²) in [6.07, 6.45) is 5.31. The number of aromatic nitrogens is 1. The number of hydrogen-bond donors (Lipinski definition) is 4. The number of aliphatic hydroxyl groups is 2. The summed E-state index contributed by atoms with van der Waals surface area (Å²) in [5, 5.41) is 32.3. The molecule has 12 nitrogen and oxygen atoms in total. The molecule has 4 aromatic rings. The third-order valence-electron chi connectivity index (χ3n) is 9.27. The predicted molar refractivity (Wildman–Crippen MR) is 201 cm³/mol. The van der Waals surface area contributed by atoms with Crippen LogP contribution in [-0.2, 0) is 34.4 Å². The highest BCUT2D eigenvalue weighted by Gasteiger charge is 2.32. The number of carbonyl (C=O) groups is 1. The molecule has 1 aromatic heterocycles. The molecule has 0 amide bonds. The topological polar surface area (TPSA) is 168 Å². The molecular formula is C39H46ClN3O9S. The van der Waals surface area contributed by atoms with Gasteiger partial charge in [0.25, 0.3) is 0 Å². The average molecular weight is 768 g/mol. The number of aliphatic carboxylic acids is 1. The lowest BCUT2D eigenvalue weighted by Crippen LogP contribution is -2.52. The van der Waals surface area contributed by atoms with Gasteiger partial charge in [0, 0.05) is 62.0 Å². The van der Waals surface area contributed by atoms with E-state index in [1.54, 1.807) is 12.1 Å². The molecule has 3 aromatic carbocycles. The second kappa shape index (κ2) is 17.7. The average Bonchev–Trinajstić information content (AvgIpc) is 3.56. The number of nitrogens with zero attached hydrogens (tertiary/aromatic N) is 2. The zero-order valence-electron chi connectivity index (χ0n) is 30.0. The van der Waals surface area contributed by atoms with E-state index < -0.39 is 28.0 Å². The highest BCUT2D eigenvalue weighted by atomic mass is 35.5. The van der Waals surface area contributed by atoms with Crippen molar-refractivity contribution >= 4 is 27.4 Å². The first-order valence-corrected chi connectivity index (χ1v) is 19.6. The van der Waals surface area contributed by atoms with Crippen molar-refractivity contribution < 1.29 is 42.7 Å². The number of β-amino-alcohol motifs (C(OH)–C–C–N with tert-alkyl or cyclic N) is 1. The van der Waals surface area contributed by atoms with Crippen LogP contribution in [0.1, 0.15) is 42.0 Å². The summed E-state index contributed by atoms with van der Waals surface area (Å²) in [6, 6.07) is 18.6. The molecule has 1 aliphatic rings. The fraction of sp³-hybridized carbons (Fsp3) is 0.385. The van der Waals surface area contributed by atoms with Gasteiger partial charge >= 0.3 is 5.97 Å². The van der Waals surface area contributed by atoms with Gasteiger partial charge in [-0.25, -0.2) is 8.42 Å². The lowest BCUT2D eigenvalue weighted by Gasteiger charge is -2.25. The lowest BCUT2D eigenvalue weighted by atomic mass is 9.96. The van der Waals surface area contributed by atoms with E-state index >= 15 is 0 Å². The molecule has 5 rings (SSSR count). The molecular weight excluding hydrogens is 722 g/mol. The van der Waals surface area contributed by atoms with Gasteiger partial charge in [-0.15, -0.1) is 0 Å². The molecule has 0 bridgehead atoms. The van der Waals surface area contributed by atoms with E-state index in [1.807, 2.05) is 49.4 Å². The second-order valence-corrected chi connectivity index (χ2v) is 15.9. The summed E-state index contributed by atoms with van der Waals surface area (Å²) in [6.45, 7) is 5.95. The number of ether oxygens (including phenoxy) is 3. The normalized spacial score (nSPS) is 15.9. The number of benzene rings is 3. The summed E-state index contributed by atoms with van der Waals surface area (Å²) < 4.78 is 42.6. The van der Waals surface area contributed by atoms with Gasteiger partial charge in [-0.05, 0) is 73.2 Å². The van der Waals surface area contributed by atoms with Crippen LogP contribution in [0.25, 0.3) is 11.1 Å². The second-order valence-electron chi connectivity index (χ2n) is 13.5. The van der Waals surface area contributed by atoms with Gasteiger partial charge in [0.05, 0.1) is 29.2 Å². The number of aliphatic hydroxyl groups excluding tert-OH is 2. The standard InChI is InChI=1S/C39H46ClN3O9S/c1-26-29(8-5-10-34(26)28-7-4-9-32(16-28)50-14-6-12-43-13-11-31(45)22-43)24-52-37-18-36(51-23-27-15-33(21-41-19-27)53(3,48)49)30(17-35(37)40)20-42-39(2,25-44)38(46)47/h4-5,7-10,15-19,21,31,42,44-45H,6,11-14,20,22-25H2,1-3H3,(H,46,47)/t31-,39?/m1/s1. The Bertz CT molecular complexity index is 2010. The molecule has 2 atom stereocenters. The number of halogens is 1. The number of nitrogens with one attached hydrogen (secondary N) is 1. The van der Waals surface area contributed by atoms with Crippen molar-refractivity contribution in [3.8, 4) is 28.4 Å². The largest absolute Gasteiger partial charge is 0.494 e. The van der Waals surface area contributed by atoms with Crippen LogP contribution in [0, 0.1) is 6.92 Å². The predicted octanol–water partition coefficient (Wildman–Crippen LogP) is 5.03. The molecule has 4 N–H and O–H groups in total. The minimum Gasteiger partial charge on any atom is -0.494 e. The number of likely N-dealkylation sites (tertiary alicyclic amines) is 1. The Labute approximate surface area is 315 Å². The first-order valence-electron chi connectivity index (χ1n) is 17.3. The summed E-state index contributed by atoms with van der Waals surface area (Å²) in [5.41, 5.74) is 3.33. The summed E-state index contributed by atoms with van der Waals surface area (Å²) >= 11 is 6.70. The minimum atomic E-state index is -3.49. The molecule has 1 saturated heterocycles. The summed E-state index contributed by atoms with van der Waals surface area (Å²) in [4.78, 5) is 18.1. The molecule has 0 radical (unpaired) electrons. The molecule has 1 unspecified atom stereocenters. The first-order chi connectivity index (χ1) is 25.3. The molecule has 1 fully saturated rings. The highest BCUT2D eigenvalue weighted by Crippen LogP contribution is 2.35. The van der Waals surface area contributed by atoms with Crippen LogP contribution < -0.4 is 19.5 Å². The number of carboxylic acids is 1. The summed E-state index contributed by atoms with van der Waals surface area (Å²) in [7, 11) is -3.49. The van der Waals surface area contributed by atoms with Crippen molar-refractivity contribution in [1.29, 1.82) is 0 Å². The maximum atomic E-state index is 12.1. The van der Waals surface area contributed by atoms with Crippen LogP contribution in [0.15, 0.2) is 78.0 Å². The van der Waals surface area contributed by atoms with Crippen LogP contribution in [0.2, 0.25) is 5.02 Å². The van der Waals surface area contributed by atoms with Crippen molar-refractivity contribution in [1.82, 2.24) is 15.2 Å². The monoisotopic (exact) mass is 767 g/mol. The van der Waals surface area contributed by atoms with Crippen molar-refractivity contribution in [2.45, 2.75) is 63.0 Å². The Balaban J connectivity index is 1.31. The highest BCUT2D eigenvalue weighted by molar-refractivity contribution is 7.90. The van der Waals surface area contributed by atoms with E-state index in [-0.39, 0.29) is 35.8 Å². The van der Waals surface area contributed by atoms with Crippen molar-refractivity contribution in [3.05, 3.63) is 100 Å². The van der Waals surface area contributed by atoms with Crippen molar-refractivity contribution in [2.24, 2.45) is 0 Å². The van der Waals surface area contributed by atoms with Gasteiger partial charge in [-0.1, -0.05) is 41.9 Å². The van der Waals surface area contributed by atoms with Crippen LogP contribution in [-0.4, -0.2) is 90.3 Å². The van der Waals surface area contributed by atoms with Crippen molar-refractivity contribution in [3.63, 3.8) is 0 Å². The van der Waals surface area contributed by atoms with E-state index in [0.29, 0.717) is 29.2 Å². The molecule has 0 spiro atoms. The van der Waals surface area contributed by atoms with Gasteiger partial charge in [-0.3, -0.25) is 15.1 Å². The smallest absolute Gasteiger partial charge is 0.326 e. The zero-order chi connectivity index (χ0) is 38.2. The van der Waals surface area contributed by atoms with E-state index in [9.17, 15) is 28.5 Å². The van der Waals surface area contributed by atoms with Crippen LogP contribution in [0.4, 0.5) is 0 Å². The van der Waals surface area contributed by atoms with Gasteiger partial charge in [0.2, 0.25) is 0 Å². The van der Waals surface area contributed by atoms with E-state index in [0.717, 1.165) is 66.7 Å². The number of rotatable bonds is 18. The fourth-order valence-electron chi connectivity index (χ4n) is 5.91. The molecule has 1 aliphatic heterocycles. The Morgan fingerprint density at radius 3 is 2.53 bits per heavy atom. The number of carboxylic acid groups (broad SMARTS) is 1. The quantitative estimate of drug-likeness (QED) is 0.0999. The first kappa shape index (κ1) is 40.0. The van der Waals surface area contributed by atoms with Crippen LogP contribution in [0.3, 0.4) is 0 Å². The maximum absolute atomic E-state index is 12.1. The molecule has 14 heteroatoms. The SMILES string of the molecule is Cc1c(COc2cc(OCc3cncc(S(C)(=O)=O)c3)c(CNC(C)(CO)C(=O)O)cc2Cl)cccc1-c1cccc(OCCCN2CC[C@@H](O)C2)c1. The molecule has 0 saturated carbocycles. The molecule has 53 heavy (non-hydrogen) atoms. The number of pyridine rings is 1. The van der Waals surface area contributed by atoms with Gasteiger partial charge < -0.3 is 34.4 Å². The Morgan fingerprint density at radius 2 is 1.81 bits per heavy atom. The van der Waals surface area contributed by atoms with E-state index in [1.165, 1.54) is 25.4 Å². The van der Waals surface area contributed by atoms with Gasteiger partial charge in [-0.2, -0.15) is 0 Å². The van der Waals surface area contributed by atoms with Crippen LogP contribution >= 0.6 is 11.6 Å². The van der Waals surface area contributed by atoms with E-state index in [4.69, 9.17) is 25.8 Å². The van der Waals surface area contributed by atoms with Crippen molar-refractivity contribution in [2.75, 3.05) is 39.1 Å². The Morgan fingerprint density at radius 1 is 1.04 bits per heavy atom. The third-order valence-corrected chi connectivity index (χ3v) is 10.6. The third kappa shape index (κ3) is 10.7. The van der Waals surface area contributed by atoms with Gasteiger partial charge in [0.15, 0.2) is 9.84 Å². The van der Waals surface area contributed by atoms with Crippen LogP contribution in [0.5, 0.6) is 17.2 Å². The lowest BCUT2D eigenvalue weighted by molar-refractivity contribution is -0.145.